The third-order valence-electron chi connectivity index (χ3n) is 4.57. The Balaban J connectivity index is 1.46. The topological polar surface area (TPSA) is 61.4 Å². The molecule has 0 aromatic heterocycles. The molecule has 23 heavy (non-hydrogen) atoms. The van der Waals surface area contributed by atoms with Gasteiger partial charge in [-0.2, -0.15) is 0 Å². The van der Waals surface area contributed by atoms with Gasteiger partial charge in [-0.3, -0.25) is 0 Å². The van der Waals surface area contributed by atoms with Crippen molar-refractivity contribution in [3.63, 3.8) is 0 Å². The Morgan fingerprint density at radius 1 is 1.09 bits per heavy atom. The highest BCUT2D eigenvalue weighted by molar-refractivity contribution is 5.83. The van der Waals surface area contributed by atoms with Crippen molar-refractivity contribution in [3.05, 3.63) is 48.0 Å². The van der Waals surface area contributed by atoms with Crippen molar-refractivity contribution in [2.75, 3.05) is 6.54 Å². The van der Waals surface area contributed by atoms with Gasteiger partial charge < -0.3 is 15.7 Å². The second-order valence-corrected chi connectivity index (χ2v) is 6.43. The summed E-state index contributed by atoms with van der Waals surface area (Å²) in [4.78, 5) is 11.9. The van der Waals surface area contributed by atoms with Crippen LogP contribution in [0.2, 0.25) is 0 Å². The lowest BCUT2D eigenvalue weighted by molar-refractivity contribution is 0.101. The molecule has 0 heterocycles. The molecular formula is C19H24N2O2. The summed E-state index contributed by atoms with van der Waals surface area (Å²) in [5.41, 5.74) is 1.09. The first-order chi connectivity index (χ1) is 11.2. The molecule has 1 saturated carbocycles. The summed E-state index contributed by atoms with van der Waals surface area (Å²) < 4.78 is 0. The van der Waals surface area contributed by atoms with Crippen LogP contribution in [-0.4, -0.2) is 23.8 Å². The fourth-order valence-corrected chi connectivity index (χ4v) is 3.28. The fraction of sp³-hybridized carbons (Fsp3) is 0.421. The Bertz CT molecular complexity index is 671. The van der Waals surface area contributed by atoms with E-state index in [0.29, 0.717) is 19.0 Å². The Morgan fingerprint density at radius 2 is 1.91 bits per heavy atom. The Morgan fingerprint density at radius 3 is 2.74 bits per heavy atom. The number of urea groups is 1. The summed E-state index contributed by atoms with van der Waals surface area (Å²) >= 11 is 0. The van der Waals surface area contributed by atoms with E-state index in [0.717, 1.165) is 31.2 Å². The molecule has 2 aromatic carbocycles. The van der Waals surface area contributed by atoms with Crippen LogP contribution in [0.15, 0.2) is 42.5 Å². The van der Waals surface area contributed by atoms with Crippen LogP contribution in [0.4, 0.5) is 4.79 Å². The van der Waals surface area contributed by atoms with E-state index in [1.54, 1.807) is 0 Å². The number of carbonyl (C=O) groups excluding carboxylic acids is 1. The lowest BCUT2D eigenvalue weighted by Crippen LogP contribution is -2.39. The Kier molecular flexibility index (Phi) is 5.13. The molecule has 2 unspecified atom stereocenters. The van der Waals surface area contributed by atoms with E-state index in [1.165, 1.54) is 10.8 Å². The SMILES string of the molecule is O=C(NCc1ccc2ccccc2c1)NCC1CCCC(O)C1. The van der Waals surface area contributed by atoms with Crippen LogP contribution in [0, 0.1) is 5.92 Å². The summed E-state index contributed by atoms with van der Waals surface area (Å²) in [6.07, 6.45) is 3.63. The lowest BCUT2D eigenvalue weighted by Gasteiger charge is -2.25. The number of nitrogens with one attached hydrogen (secondary N) is 2. The van der Waals surface area contributed by atoms with Crippen molar-refractivity contribution in [3.8, 4) is 0 Å². The van der Waals surface area contributed by atoms with Crippen LogP contribution in [0.25, 0.3) is 10.8 Å². The molecule has 1 aliphatic rings. The molecule has 2 amide bonds. The minimum atomic E-state index is -0.198. The van der Waals surface area contributed by atoms with Crippen molar-refractivity contribution >= 4 is 16.8 Å². The smallest absolute Gasteiger partial charge is 0.315 e. The molecule has 0 saturated heterocycles. The van der Waals surface area contributed by atoms with Gasteiger partial charge in [0.2, 0.25) is 0 Å². The highest BCUT2D eigenvalue weighted by Crippen LogP contribution is 2.23. The molecular weight excluding hydrogens is 288 g/mol. The maximum atomic E-state index is 11.9. The first-order valence-corrected chi connectivity index (χ1v) is 8.38. The molecule has 3 rings (SSSR count). The number of hydrogen-bond acceptors (Lipinski definition) is 2. The first-order valence-electron chi connectivity index (χ1n) is 8.38. The van der Waals surface area contributed by atoms with Gasteiger partial charge in [-0.25, -0.2) is 4.79 Å². The number of hydrogen-bond donors (Lipinski definition) is 3. The molecule has 0 bridgehead atoms. The minimum absolute atomic E-state index is 0.141. The Labute approximate surface area is 136 Å². The standard InChI is InChI=1S/C19H24N2O2/c22-18-7-3-4-14(11-18)12-20-19(23)21-13-15-8-9-16-5-1-2-6-17(16)10-15/h1-2,5-6,8-10,14,18,22H,3-4,7,11-13H2,(H2,20,21,23). The van der Waals surface area contributed by atoms with E-state index in [4.69, 9.17) is 0 Å². The molecule has 2 atom stereocenters. The summed E-state index contributed by atoms with van der Waals surface area (Å²) in [6.45, 7) is 1.16. The van der Waals surface area contributed by atoms with Gasteiger partial charge in [-0.15, -0.1) is 0 Å². The van der Waals surface area contributed by atoms with E-state index in [-0.39, 0.29) is 12.1 Å². The van der Waals surface area contributed by atoms with Gasteiger partial charge in [0.1, 0.15) is 0 Å². The van der Waals surface area contributed by atoms with E-state index < -0.39 is 0 Å². The fourth-order valence-electron chi connectivity index (χ4n) is 3.28. The molecule has 0 spiro atoms. The largest absolute Gasteiger partial charge is 0.393 e. The highest BCUT2D eigenvalue weighted by atomic mass is 16.3. The van der Waals surface area contributed by atoms with Gasteiger partial charge in [0.05, 0.1) is 6.10 Å². The number of fused-ring (bicyclic) bond motifs is 1. The average Bonchev–Trinajstić information content (AvgIpc) is 2.58. The zero-order valence-corrected chi connectivity index (χ0v) is 13.3. The number of aliphatic hydroxyl groups is 1. The number of aliphatic hydroxyl groups excluding tert-OH is 1. The first kappa shape index (κ1) is 15.8. The van der Waals surface area contributed by atoms with Crippen molar-refractivity contribution in [1.29, 1.82) is 0 Å². The normalized spacial score (nSPS) is 21.1. The van der Waals surface area contributed by atoms with E-state index in [2.05, 4.69) is 34.9 Å². The average molecular weight is 312 g/mol. The molecule has 4 nitrogen and oxygen atoms in total. The third kappa shape index (κ3) is 4.45. The van der Waals surface area contributed by atoms with Crippen LogP contribution in [0.5, 0.6) is 0 Å². The summed E-state index contributed by atoms with van der Waals surface area (Å²) in [5.74, 6) is 0.394. The predicted octanol–water partition coefficient (Wildman–Crippen LogP) is 3.19. The Hall–Kier alpha value is -2.07. The van der Waals surface area contributed by atoms with Crippen LogP contribution in [-0.2, 0) is 6.54 Å². The second kappa shape index (κ2) is 7.47. The number of benzene rings is 2. The van der Waals surface area contributed by atoms with Crippen LogP contribution < -0.4 is 10.6 Å². The molecule has 122 valence electrons. The molecule has 0 aliphatic heterocycles. The second-order valence-electron chi connectivity index (χ2n) is 6.43. The van der Waals surface area contributed by atoms with Crippen LogP contribution >= 0.6 is 0 Å². The zero-order chi connectivity index (χ0) is 16.1. The van der Waals surface area contributed by atoms with Gasteiger partial charge in [-0.05, 0) is 47.6 Å². The quantitative estimate of drug-likeness (QED) is 0.812. The van der Waals surface area contributed by atoms with Gasteiger partial charge in [0, 0.05) is 13.1 Å². The van der Waals surface area contributed by atoms with Crippen molar-refractivity contribution in [1.82, 2.24) is 10.6 Å². The molecule has 4 heteroatoms. The van der Waals surface area contributed by atoms with Crippen molar-refractivity contribution in [2.45, 2.75) is 38.3 Å². The maximum Gasteiger partial charge on any atom is 0.315 e. The summed E-state index contributed by atoms with van der Waals surface area (Å²) in [6, 6.07) is 14.3. The van der Waals surface area contributed by atoms with Gasteiger partial charge in [0.15, 0.2) is 0 Å². The van der Waals surface area contributed by atoms with Gasteiger partial charge in [-0.1, -0.05) is 42.8 Å². The van der Waals surface area contributed by atoms with Crippen molar-refractivity contribution in [2.24, 2.45) is 5.92 Å². The molecule has 2 aromatic rings. The highest BCUT2D eigenvalue weighted by Gasteiger charge is 2.20. The summed E-state index contributed by atoms with van der Waals surface area (Å²) in [5, 5.41) is 17.9. The van der Waals surface area contributed by atoms with Crippen molar-refractivity contribution < 1.29 is 9.90 Å². The zero-order valence-electron chi connectivity index (χ0n) is 13.3. The van der Waals surface area contributed by atoms with Crippen LogP contribution in [0.3, 0.4) is 0 Å². The molecule has 1 fully saturated rings. The molecule has 3 N–H and O–H groups in total. The van der Waals surface area contributed by atoms with E-state index in [9.17, 15) is 9.90 Å². The number of rotatable bonds is 4. The lowest BCUT2D eigenvalue weighted by atomic mass is 9.87. The number of amides is 2. The van der Waals surface area contributed by atoms with E-state index in [1.807, 2.05) is 18.2 Å². The number of carbonyl (C=O) groups is 1. The monoisotopic (exact) mass is 312 g/mol. The predicted molar refractivity (Wildman–Crippen MR) is 92.2 cm³/mol. The van der Waals surface area contributed by atoms with E-state index >= 15 is 0 Å². The minimum Gasteiger partial charge on any atom is -0.393 e. The van der Waals surface area contributed by atoms with Crippen LogP contribution in [0.1, 0.15) is 31.2 Å². The van der Waals surface area contributed by atoms with Gasteiger partial charge in [0.25, 0.3) is 0 Å². The molecule has 0 radical (unpaired) electrons. The van der Waals surface area contributed by atoms with Gasteiger partial charge >= 0.3 is 6.03 Å². The summed E-state index contributed by atoms with van der Waals surface area (Å²) in [7, 11) is 0. The maximum absolute atomic E-state index is 11.9. The third-order valence-corrected chi connectivity index (χ3v) is 4.57. The molecule has 1 aliphatic carbocycles.